The lowest BCUT2D eigenvalue weighted by Gasteiger charge is -2.41. The number of nitrogens with one attached hydrogen (secondary N) is 1. The lowest BCUT2D eigenvalue weighted by molar-refractivity contribution is -0.0831. The molecule has 0 amide bonds. The number of rotatable bonds is 8. The lowest BCUT2D eigenvalue weighted by atomic mass is 9.89. The third kappa shape index (κ3) is 4.57. The van der Waals surface area contributed by atoms with E-state index in [1.54, 1.807) is 6.20 Å². The monoisotopic (exact) mass is 501 g/mol. The Morgan fingerprint density at radius 2 is 1.78 bits per heavy atom. The van der Waals surface area contributed by atoms with Crippen molar-refractivity contribution < 1.29 is 4.74 Å². The van der Waals surface area contributed by atoms with Crippen LogP contribution in [0.2, 0.25) is 0 Å². The van der Waals surface area contributed by atoms with Gasteiger partial charge in [-0.2, -0.15) is 0 Å². The van der Waals surface area contributed by atoms with Crippen LogP contribution in [0.15, 0.2) is 36.9 Å². The van der Waals surface area contributed by atoms with Gasteiger partial charge in [0.1, 0.15) is 28.6 Å². The number of aromatic nitrogens is 6. The van der Waals surface area contributed by atoms with Gasteiger partial charge >= 0.3 is 0 Å². The molecule has 194 valence electrons. The molecule has 37 heavy (non-hydrogen) atoms. The summed E-state index contributed by atoms with van der Waals surface area (Å²) >= 11 is 0. The standard InChI is InChI=1S/C27H35N9O/c1-2-10-34(9-1)26-15-28-14-23(31-26)24-17-36(33-32-24)27(18-37-19-27)21-7-8-25(30-13-21)35-11-3-4-22(16-35)29-12-20-5-6-20/h7-8,13-15,17,20,22,29H,1-6,9-12,16,18-19H2. The van der Waals surface area contributed by atoms with E-state index in [0.29, 0.717) is 19.3 Å². The summed E-state index contributed by atoms with van der Waals surface area (Å²) in [5.41, 5.74) is 2.17. The second kappa shape index (κ2) is 9.64. The van der Waals surface area contributed by atoms with Gasteiger partial charge in [0.2, 0.25) is 0 Å². The average molecular weight is 502 g/mol. The SMILES string of the molecule is c1cc(N2CCCC(NCC3CC3)C2)ncc1C1(n2cc(-c3cncc(N4CCCC4)n3)nn2)COC1. The zero-order valence-electron chi connectivity index (χ0n) is 21.3. The minimum Gasteiger partial charge on any atom is -0.375 e. The molecular weight excluding hydrogens is 466 g/mol. The molecule has 1 aliphatic carbocycles. The van der Waals surface area contributed by atoms with Crippen molar-refractivity contribution in [3.8, 4) is 11.4 Å². The summed E-state index contributed by atoms with van der Waals surface area (Å²) < 4.78 is 7.61. The lowest BCUT2D eigenvalue weighted by Crippen LogP contribution is -2.53. The highest BCUT2D eigenvalue weighted by Crippen LogP contribution is 2.35. The smallest absolute Gasteiger partial charge is 0.147 e. The van der Waals surface area contributed by atoms with Gasteiger partial charge in [-0.1, -0.05) is 11.3 Å². The molecule has 1 unspecified atom stereocenters. The minimum atomic E-state index is -0.396. The maximum absolute atomic E-state index is 5.69. The van der Waals surface area contributed by atoms with Gasteiger partial charge in [0.15, 0.2) is 0 Å². The molecule has 3 aromatic heterocycles. The van der Waals surface area contributed by atoms with Crippen LogP contribution in [-0.2, 0) is 10.3 Å². The van der Waals surface area contributed by atoms with Crippen LogP contribution in [0.5, 0.6) is 0 Å². The fraction of sp³-hybridized carbons (Fsp3) is 0.593. The molecule has 6 heterocycles. The molecule has 10 nitrogen and oxygen atoms in total. The predicted molar refractivity (Wildman–Crippen MR) is 141 cm³/mol. The van der Waals surface area contributed by atoms with Crippen LogP contribution >= 0.6 is 0 Å². The van der Waals surface area contributed by atoms with E-state index in [4.69, 9.17) is 14.7 Å². The molecular formula is C27H35N9O. The minimum absolute atomic E-state index is 0.396. The molecule has 0 radical (unpaired) electrons. The number of hydrogen-bond acceptors (Lipinski definition) is 9. The van der Waals surface area contributed by atoms with Crippen molar-refractivity contribution in [2.24, 2.45) is 5.92 Å². The normalized spacial score (nSPS) is 23.3. The molecule has 0 aromatic carbocycles. The summed E-state index contributed by atoms with van der Waals surface area (Å²) in [5, 5.41) is 12.7. The Morgan fingerprint density at radius 3 is 2.54 bits per heavy atom. The topological polar surface area (TPSA) is 97.1 Å². The third-order valence-corrected chi connectivity index (χ3v) is 8.35. The van der Waals surface area contributed by atoms with Crippen molar-refractivity contribution in [3.05, 3.63) is 42.5 Å². The molecule has 10 heteroatoms. The maximum Gasteiger partial charge on any atom is 0.147 e. The number of piperidine rings is 1. The Morgan fingerprint density at radius 1 is 0.919 bits per heavy atom. The molecule has 4 fully saturated rings. The molecule has 7 rings (SSSR count). The van der Waals surface area contributed by atoms with Gasteiger partial charge in [-0.25, -0.2) is 14.6 Å². The Labute approximate surface area is 217 Å². The van der Waals surface area contributed by atoms with Crippen LogP contribution < -0.4 is 15.1 Å². The van der Waals surface area contributed by atoms with E-state index >= 15 is 0 Å². The van der Waals surface area contributed by atoms with E-state index in [9.17, 15) is 0 Å². The first-order chi connectivity index (χ1) is 18.3. The third-order valence-electron chi connectivity index (χ3n) is 8.35. The number of hydrogen-bond donors (Lipinski definition) is 1. The van der Waals surface area contributed by atoms with Crippen LogP contribution in [0.4, 0.5) is 11.6 Å². The van der Waals surface area contributed by atoms with Gasteiger partial charge in [0, 0.05) is 44.0 Å². The molecule has 3 aromatic rings. The Kier molecular flexibility index (Phi) is 6.01. The zero-order chi connectivity index (χ0) is 24.7. The van der Waals surface area contributed by atoms with E-state index < -0.39 is 5.54 Å². The number of anilines is 2. The molecule has 1 N–H and O–H groups in total. The highest BCUT2D eigenvalue weighted by atomic mass is 16.5. The van der Waals surface area contributed by atoms with E-state index in [0.717, 1.165) is 60.7 Å². The van der Waals surface area contributed by atoms with Crippen LogP contribution in [0, 0.1) is 5.92 Å². The van der Waals surface area contributed by atoms with Crippen LogP contribution in [0.25, 0.3) is 11.4 Å². The summed E-state index contributed by atoms with van der Waals surface area (Å²) in [6, 6.07) is 4.89. The Hall–Kier alpha value is -3.11. The average Bonchev–Trinajstić information content (AvgIpc) is 3.36. The van der Waals surface area contributed by atoms with Crippen molar-refractivity contribution in [1.29, 1.82) is 0 Å². The van der Waals surface area contributed by atoms with Gasteiger partial charge in [0.25, 0.3) is 0 Å². The fourth-order valence-corrected chi connectivity index (χ4v) is 5.75. The number of ether oxygens (including phenoxy) is 1. The van der Waals surface area contributed by atoms with Gasteiger partial charge in [-0.3, -0.25) is 4.98 Å². The van der Waals surface area contributed by atoms with Gasteiger partial charge < -0.3 is 19.9 Å². The van der Waals surface area contributed by atoms with E-state index in [2.05, 4.69) is 42.5 Å². The summed E-state index contributed by atoms with van der Waals surface area (Å²) in [5.74, 6) is 2.87. The van der Waals surface area contributed by atoms with Crippen LogP contribution in [0.3, 0.4) is 0 Å². The Bertz CT molecular complexity index is 1210. The van der Waals surface area contributed by atoms with Crippen molar-refractivity contribution in [2.75, 3.05) is 55.7 Å². The molecule has 3 saturated heterocycles. The second-order valence-electron chi connectivity index (χ2n) is 11.1. The number of nitrogens with zero attached hydrogens (tertiary/aromatic N) is 8. The highest BCUT2D eigenvalue weighted by Gasteiger charge is 2.44. The first-order valence-electron chi connectivity index (χ1n) is 13.8. The highest BCUT2D eigenvalue weighted by molar-refractivity contribution is 5.55. The molecule has 1 saturated carbocycles. The van der Waals surface area contributed by atoms with Crippen LogP contribution in [0.1, 0.15) is 44.1 Å². The van der Waals surface area contributed by atoms with Crippen LogP contribution in [-0.4, -0.2) is 81.9 Å². The number of pyridine rings is 1. The van der Waals surface area contributed by atoms with Crippen molar-refractivity contribution in [3.63, 3.8) is 0 Å². The van der Waals surface area contributed by atoms with Gasteiger partial charge in [-0.05, 0) is 57.1 Å². The van der Waals surface area contributed by atoms with E-state index in [-0.39, 0.29) is 0 Å². The Balaban J connectivity index is 1.08. The summed E-state index contributed by atoms with van der Waals surface area (Å²) in [7, 11) is 0. The zero-order valence-corrected chi connectivity index (χ0v) is 21.3. The molecule has 0 spiro atoms. The quantitative estimate of drug-likeness (QED) is 0.499. The van der Waals surface area contributed by atoms with Crippen molar-refractivity contribution in [2.45, 2.75) is 50.1 Å². The predicted octanol–water partition coefficient (Wildman–Crippen LogP) is 2.47. The first-order valence-corrected chi connectivity index (χ1v) is 13.8. The van der Waals surface area contributed by atoms with E-state index in [1.165, 1.54) is 45.1 Å². The summed E-state index contributed by atoms with van der Waals surface area (Å²) in [4.78, 5) is 18.8. The maximum atomic E-state index is 5.69. The first kappa shape index (κ1) is 23.0. The molecule has 4 aliphatic rings. The van der Waals surface area contributed by atoms with E-state index in [1.807, 2.05) is 23.3 Å². The second-order valence-corrected chi connectivity index (χ2v) is 11.1. The van der Waals surface area contributed by atoms with Crippen molar-refractivity contribution in [1.82, 2.24) is 35.3 Å². The van der Waals surface area contributed by atoms with Gasteiger partial charge in [-0.15, -0.1) is 5.10 Å². The molecule has 0 bridgehead atoms. The van der Waals surface area contributed by atoms with Crippen molar-refractivity contribution >= 4 is 11.6 Å². The van der Waals surface area contributed by atoms with Gasteiger partial charge in [0.05, 0.1) is 31.8 Å². The summed E-state index contributed by atoms with van der Waals surface area (Å²) in [6.07, 6.45) is 15.2. The molecule has 1 atom stereocenters. The largest absolute Gasteiger partial charge is 0.375 e. The summed E-state index contributed by atoms with van der Waals surface area (Å²) in [6.45, 7) is 6.41. The molecule has 3 aliphatic heterocycles. The fourth-order valence-electron chi connectivity index (χ4n) is 5.75.